The van der Waals surface area contributed by atoms with Crippen LogP contribution in [0.25, 0.3) is 5.52 Å². The molecule has 1 saturated heterocycles. The number of aryl methyl sites for hydroxylation is 1. The number of nitrogens with zero attached hydrogens (tertiary/aromatic N) is 5. The number of carbonyl (C=O) groups excluding carboxylic acids is 1. The van der Waals surface area contributed by atoms with Crippen molar-refractivity contribution in [1.82, 2.24) is 29.7 Å². The van der Waals surface area contributed by atoms with Crippen molar-refractivity contribution >= 4 is 40.5 Å². The summed E-state index contributed by atoms with van der Waals surface area (Å²) in [6.07, 6.45) is 4.21. The Labute approximate surface area is 196 Å². The van der Waals surface area contributed by atoms with E-state index >= 15 is 0 Å². The third-order valence-corrected chi connectivity index (χ3v) is 6.57. The van der Waals surface area contributed by atoms with Crippen molar-refractivity contribution in [3.63, 3.8) is 0 Å². The minimum atomic E-state index is 0.0230. The predicted octanol–water partition coefficient (Wildman–Crippen LogP) is 4.08. The number of rotatable bonds is 7. The van der Waals surface area contributed by atoms with Crippen LogP contribution in [0.15, 0.2) is 58.7 Å². The number of amides is 1. The van der Waals surface area contributed by atoms with E-state index in [-0.39, 0.29) is 5.91 Å². The number of anilines is 3. The lowest BCUT2D eigenvalue weighted by Gasteiger charge is -2.20. The van der Waals surface area contributed by atoms with Crippen LogP contribution in [-0.4, -0.2) is 54.7 Å². The van der Waals surface area contributed by atoms with Crippen LogP contribution in [-0.2, 0) is 4.79 Å². The van der Waals surface area contributed by atoms with Gasteiger partial charge in [0.15, 0.2) is 11.6 Å². The highest BCUT2D eigenvalue weighted by atomic mass is 32.2. The summed E-state index contributed by atoms with van der Waals surface area (Å²) in [5, 5.41) is 18.6. The van der Waals surface area contributed by atoms with Gasteiger partial charge in [0.1, 0.15) is 5.52 Å². The molecule has 3 N–H and O–H groups in total. The molecule has 0 bridgehead atoms. The number of fused-ring (bicyclic) bond motifs is 1. The molecular weight excluding hydrogens is 436 g/mol. The summed E-state index contributed by atoms with van der Waals surface area (Å²) in [6.45, 7) is 5.56. The van der Waals surface area contributed by atoms with Crippen LogP contribution in [0.5, 0.6) is 0 Å². The molecule has 3 aromatic heterocycles. The lowest BCUT2D eigenvalue weighted by atomic mass is 10.2. The Morgan fingerprint density at radius 3 is 2.85 bits per heavy atom. The molecule has 0 spiro atoms. The largest absolute Gasteiger partial charge is 0.325 e. The number of aromatic nitrogens is 5. The van der Waals surface area contributed by atoms with Gasteiger partial charge in [-0.15, -0.1) is 5.10 Å². The van der Waals surface area contributed by atoms with Crippen molar-refractivity contribution in [1.29, 1.82) is 0 Å². The number of hydrogen-bond acceptors (Lipinski definition) is 7. The first-order valence-electron chi connectivity index (χ1n) is 11.0. The van der Waals surface area contributed by atoms with Gasteiger partial charge in [-0.1, -0.05) is 0 Å². The van der Waals surface area contributed by atoms with E-state index in [1.165, 1.54) is 11.8 Å². The van der Waals surface area contributed by atoms with Gasteiger partial charge in [-0.25, -0.2) is 9.50 Å². The molecule has 5 rings (SSSR count). The Balaban J connectivity index is 1.27. The molecule has 1 fully saturated rings. The lowest BCUT2D eigenvalue weighted by molar-refractivity contribution is -0.117. The quantitative estimate of drug-likeness (QED) is 0.380. The second-order valence-electron chi connectivity index (χ2n) is 8.28. The summed E-state index contributed by atoms with van der Waals surface area (Å²) in [5.41, 5.74) is 2.62. The smallest absolute Gasteiger partial charge is 0.238 e. The number of hydrogen-bond donors (Lipinski definition) is 3. The maximum Gasteiger partial charge on any atom is 0.238 e. The fourth-order valence-electron chi connectivity index (χ4n) is 3.98. The molecule has 0 saturated carbocycles. The SMILES string of the molecule is Cc1cc(Nc2nc(Sc3ccc(NC(=O)CN4CCCC4C)cc3)nn3cccc23)n[nH]1. The standard InChI is InChI=1S/C23H26N8OS/c1-15-13-20(28-27-15)25-22-19-6-4-12-31(19)29-23(26-22)33-18-9-7-17(8-10-18)24-21(32)14-30-11-3-5-16(30)2/h4,6-10,12-13,16H,3,5,11,14H2,1-2H3,(H,24,32)(H2,25,26,27,28,29). The van der Waals surface area contributed by atoms with Gasteiger partial charge in [-0.2, -0.15) is 5.10 Å². The number of likely N-dealkylation sites (tertiary alicyclic amines) is 1. The highest BCUT2D eigenvalue weighted by molar-refractivity contribution is 7.99. The van der Waals surface area contributed by atoms with Gasteiger partial charge in [0.2, 0.25) is 11.1 Å². The Morgan fingerprint density at radius 1 is 1.27 bits per heavy atom. The molecule has 1 aromatic carbocycles. The Kier molecular flexibility index (Phi) is 6.01. The van der Waals surface area contributed by atoms with E-state index < -0.39 is 0 Å². The molecule has 33 heavy (non-hydrogen) atoms. The lowest BCUT2D eigenvalue weighted by Crippen LogP contribution is -2.35. The zero-order valence-corrected chi connectivity index (χ0v) is 19.4. The summed E-state index contributed by atoms with van der Waals surface area (Å²) in [4.78, 5) is 20.3. The van der Waals surface area contributed by atoms with Crippen molar-refractivity contribution in [2.45, 2.75) is 42.8 Å². The van der Waals surface area contributed by atoms with Gasteiger partial charge < -0.3 is 10.6 Å². The normalized spacial score (nSPS) is 16.4. The fraction of sp³-hybridized carbons (Fsp3) is 0.304. The molecule has 4 aromatic rings. The Hall–Kier alpha value is -3.37. The van der Waals surface area contributed by atoms with Gasteiger partial charge in [-0.05, 0) is 81.4 Å². The average molecular weight is 463 g/mol. The Bertz CT molecular complexity index is 1270. The highest BCUT2D eigenvalue weighted by Crippen LogP contribution is 2.29. The van der Waals surface area contributed by atoms with Crippen molar-refractivity contribution in [3.05, 3.63) is 54.4 Å². The maximum atomic E-state index is 12.4. The molecular formula is C23H26N8OS. The third kappa shape index (κ3) is 5.01. The summed E-state index contributed by atoms with van der Waals surface area (Å²) in [6, 6.07) is 14.0. The second kappa shape index (κ2) is 9.24. The van der Waals surface area contributed by atoms with E-state index in [1.807, 2.05) is 55.6 Å². The van der Waals surface area contributed by atoms with E-state index in [4.69, 9.17) is 4.98 Å². The Morgan fingerprint density at radius 2 is 2.12 bits per heavy atom. The van der Waals surface area contributed by atoms with E-state index in [0.29, 0.717) is 29.4 Å². The molecule has 10 heteroatoms. The van der Waals surface area contributed by atoms with Gasteiger partial charge in [0, 0.05) is 34.6 Å². The van der Waals surface area contributed by atoms with E-state index in [2.05, 4.69) is 37.8 Å². The van der Waals surface area contributed by atoms with E-state index in [1.54, 1.807) is 4.52 Å². The van der Waals surface area contributed by atoms with Crippen molar-refractivity contribution in [2.75, 3.05) is 23.7 Å². The van der Waals surface area contributed by atoms with Crippen LogP contribution in [0.3, 0.4) is 0 Å². The maximum absolute atomic E-state index is 12.4. The minimum absolute atomic E-state index is 0.0230. The van der Waals surface area contributed by atoms with Gasteiger partial charge >= 0.3 is 0 Å². The summed E-state index contributed by atoms with van der Waals surface area (Å²) >= 11 is 1.46. The van der Waals surface area contributed by atoms with E-state index in [9.17, 15) is 4.79 Å². The van der Waals surface area contributed by atoms with Crippen LogP contribution >= 0.6 is 11.8 Å². The van der Waals surface area contributed by atoms with E-state index in [0.717, 1.165) is 41.2 Å². The molecule has 0 radical (unpaired) electrons. The molecule has 1 aliphatic rings. The number of benzene rings is 1. The topological polar surface area (TPSA) is 103 Å². The molecule has 1 amide bonds. The molecule has 1 unspecified atom stereocenters. The fourth-order valence-corrected chi connectivity index (χ4v) is 4.73. The minimum Gasteiger partial charge on any atom is -0.325 e. The second-order valence-corrected chi connectivity index (χ2v) is 9.32. The van der Waals surface area contributed by atoms with Crippen LogP contribution in [0.2, 0.25) is 0 Å². The molecule has 170 valence electrons. The van der Waals surface area contributed by atoms with Crippen molar-refractivity contribution < 1.29 is 4.79 Å². The van der Waals surface area contributed by atoms with Crippen LogP contribution in [0, 0.1) is 6.92 Å². The number of carbonyl (C=O) groups is 1. The number of H-pyrrole nitrogens is 1. The van der Waals surface area contributed by atoms with Crippen LogP contribution < -0.4 is 10.6 Å². The first-order valence-corrected chi connectivity index (χ1v) is 11.8. The molecule has 0 aliphatic carbocycles. The van der Waals surface area contributed by atoms with Crippen molar-refractivity contribution in [3.8, 4) is 0 Å². The predicted molar refractivity (Wildman–Crippen MR) is 129 cm³/mol. The monoisotopic (exact) mass is 462 g/mol. The van der Waals surface area contributed by atoms with Crippen LogP contribution in [0.4, 0.5) is 17.3 Å². The number of aromatic amines is 1. The summed E-state index contributed by atoms with van der Waals surface area (Å²) in [5.74, 6) is 1.41. The zero-order chi connectivity index (χ0) is 22.8. The van der Waals surface area contributed by atoms with Crippen molar-refractivity contribution in [2.24, 2.45) is 0 Å². The average Bonchev–Trinajstić information content (AvgIpc) is 3.52. The first-order chi connectivity index (χ1) is 16.0. The molecule has 4 heterocycles. The molecule has 9 nitrogen and oxygen atoms in total. The molecule has 1 aliphatic heterocycles. The van der Waals surface area contributed by atoms with Crippen LogP contribution in [0.1, 0.15) is 25.5 Å². The first kappa shape index (κ1) is 21.5. The summed E-state index contributed by atoms with van der Waals surface area (Å²) in [7, 11) is 0. The van der Waals surface area contributed by atoms with Gasteiger partial charge in [0.25, 0.3) is 0 Å². The van der Waals surface area contributed by atoms with Gasteiger partial charge in [-0.3, -0.25) is 14.8 Å². The highest BCUT2D eigenvalue weighted by Gasteiger charge is 2.22. The zero-order valence-electron chi connectivity index (χ0n) is 18.6. The third-order valence-electron chi connectivity index (χ3n) is 5.71. The van der Waals surface area contributed by atoms with Gasteiger partial charge in [0.05, 0.1) is 6.54 Å². The summed E-state index contributed by atoms with van der Waals surface area (Å²) < 4.78 is 1.80. The number of nitrogens with one attached hydrogen (secondary N) is 3. The molecule has 1 atom stereocenters.